The summed E-state index contributed by atoms with van der Waals surface area (Å²) in [5.74, 6) is 0.764. The predicted molar refractivity (Wildman–Crippen MR) is 89.1 cm³/mol. The molecule has 0 bridgehead atoms. The van der Waals surface area contributed by atoms with Gasteiger partial charge in [-0.25, -0.2) is 0 Å². The van der Waals surface area contributed by atoms with Gasteiger partial charge in [-0.2, -0.15) is 0 Å². The summed E-state index contributed by atoms with van der Waals surface area (Å²) in [5.41, 5.74) is 6.82. The first-order valence-electron chi connectivity index (χ1n) is 7.11. The molecule has 0 radical (unpaired) electrons. The van der Waals surface area contributed by atoms with Crippen LogP contribution in [0.15, 0.2) is 4.90 Å². The molecule has 1 aliphatic rings. The Morgan fingerprint density at radius 1 is 1.50 bits per heavy atom. The van der Waals surface area contributed by atoms with E-state index in [0.717, 1.165) is 28.9 Å². The molecule has 0 aliphatic heterocycles. The first kappa shape index (κ1) is 15.5. The first-order chi connectivity index (χ1) is 9.62. The summed E-state index contributed by atoms with van der Waals surface area (Å²) in [6.07, 6.45) is 4.68. The van der Waals surface area contributed by atoms with Crippen molar-refractivity contribution >= 4 is 39.7 Å². The van der Waals surface area contributed by atoms with E-state index in [1.807, 2.05) is 13.2 Å². The van der Waals surface area contributed by atoms with Crippen LogP contribution in [0.3, 0.4) is 0 Å². The van der Waals surface area contributed by atoms with Crippen molar-refractivity contribution in [3.63, 3.8) is 0 Å². The smallest absolute Gasteiger partial charge is 0.263 e. The number of thiophene rings is 1. The van der Waals surface area contributed by atoms with E-state index in [2.05, 4.69) is 17.1 Å². The van der Waals surface area contributed by atoms with Crippen LogP contribution < -0.4 is 16.0 Å². The summed E-state index contributed by atoms with van der Waals surface area (Å²) in [6.45, 7) is 6.75. The number of hydrogen-bond acceptors (Lipinski definition) is 5. The molecule has 1 amide bonds. The lowest BCUT2D eigenvalue weighted by Gasteiger charge is -2.22. The largest absolute Gasteiger partial charge is 0.396 e. The third-order valence-electron chi connectivity index (χ3n) is 3.47. The minimum Gasteiger partial charge on any atom is -0.396 e. The van der Waals surface area contributed by atoms with Gasteiger partial charge in [0.1, 0.15) is 9.88 Å². The molecular weight excluding hydrogens is 290 g/mol. The van der Waals surface area contributed by atoms with Crippen molar-refractivity contribution < 1.29 is 4.79 Å². The molecule has 0 aromatic carbocycles. The number of nitrogens with zero attached hydrogens (tertiary/aromatic N) is 1. The summed E-state index contributed by atoms with van der Waals surface area (Å²) < 4.78 is 0. The maximum absolute atomic E-state index is 12.1. The molecule has 0 unspecified atom stereocenters. The second-order valence-electron chi connectivity index (χ2n) is 5.02. The molecule has 1 heterocycles. The number of carbonyl (C=O) groups is 1. The highest BCUT2D eigenvalue weighted by molar-refractivity contribution is 7.99. The standard InChI is InChI=1S/C14H23N3OS2/c1-4-16-13(18)11-10(15)12(19-3)14(20-11)17(5-2)8-9-6-7-9/h9H,4-8,15H2,1-3H3,(H,16,18). The van der Waals surface area contributed by atoms with Gasteiger partial charge in [-0.1, -0.05) is 0 Å². The maximum atomic E-state index is 12.1. The van der Waals surface area contributed by atoms with Gasteiger partial charge in [0.15, 0.2) is 0 Å². The lowest BCUT2D eigenvalue weighted by atomic mass is 10.3. The Hall–Kier alpha value is -0.880. The van der Waals surface area contributed by atoms with E-state index < -0.39 is 0 Å². The molecule has 0 atom stereocenters. The molecule has 2 rings (SSSR count). The van der Waals surface area contributed by atoms with Crippen molar-refractivity contribution in [2.45, 2.75) is 31.6 Å². The van der Waals surface area contributed by atoms with E-state index in [1.165, 1.54) is 24.2 Å². The van der Waals surface area contributed by atoms with E-state index in [-0.39, 0.29) is 5.91 Å². The van der Waals surface area contributed by atoms with Gasteiger partial charge < -0.3 is 16.0 Å². The van der Waals surface area contributed by atoms with Gasteiger partial charge in [0, 0.05) is 19.6 Å². The van der Waals surface area contributed by atoms with Crippen molar-refractivity contribution in [2.24, 2.45) is 5.92 Å². The molecule has 1 aromatic heterocycles. The Morgan fingerprint density at radius 3 is 2.70 bits per heavy atom. The number of thioether (sulfide) groups is 1. The highest BCUT2D eigenvalue weighted by Gasteiger charge is 2.28. The van der Waals surface area contributed by atoms with Crippen LogP contribution in [0, 0.1) is 5.92 Å². The van der Waals surface area contributed by atoms with E-state index in [1.54, 1.807) is 11.8 Å². The maximum Gasteiger partial charge on any atom is 0.263 e. The Morgan fingerprint density at radius 2 is 2.20 bits per heavy atom. The number of rotatable bonds is 7. The monoisotopic (exact) mass is 313 g/mol. The predicted octanol–water partition coefficient (Wildman–Crippen LogP) is 3.04. The van der Waals surface area contributed by atoms with Crippen LogP contribution in [-0.2, 0) is 0 Å². The molecule has 1 aromatic rings. The summed E-state index contributed by atoms with van der Waals surface area (Å²) >= 11 is 3.16. The molecule has 0 saturated heterocycles. The third kappa shape index (κ3) is 3.23. The molecule has 3 N–H and O–H groups in total. The van der Waals surface area contributed by atoms with Gasteiger partial charge in [-0.15, -0.1) is 23.1 Å². The van der Waals surface area contributed by atoms with Crippen molar-refractivity contribution in [3.8, 4) is 0 Å². The second kappa shape index (κ2) is 6.72. The molecule has 112 valence electrons. The minimum absolute atomic E-state index is 0.0565. The fourth-order valence-corrected chi connectivity index (χ4v) is 4.37. The average molecular weight is 313 g/mol. The number of hydrogen-bond donors (Lipinski definition) is 2. The van der Waals surface area contributed by atoms with Gasteiger partial charge in [-0.3, -0.25) is 4.79 Å². The SMILES string of the molecule is CCNC(=O)c1sc(N(CC)CC2CC2)c(SC)c1N. The zero-order chi connectivity index (χ0) is 14.7. The van der Waals surface area contributed by atoms with Crippen LogP contribution >= 0.6 is 23.1 Å². The molecule has 1 fully saturated rings. The Kier molecular flexibility index (Phi) is 5.21. The number of nitrogen functional groups attached to an aromatic ring is 1. The Balaban J connectivity index is 2.30. The second-order valence-corrected chi connectivity index (χ2v) is 6.84. The van der Waals surface area contributed by atoms with E-state index in [4.69, 9.17) is 5.73 Å². The lowest BCUT2D eigenvalue weighted by molar-refractivity contribution is 0.0960. The number of anilines is 2. The van der Waals surface area contributed by atoms with E-state index >= 15 is 0 Å². The van der Waals surface area contributed by atoms with Crippen LogP contribution in [0.4, 0.5) is 10.7 Å². The van der Waals surface area contributed by atoms with Crippen molar-refractivity contribution in [3.05, 3.63) is 4.88 Å². The molecule has 20 heavy (non-hydrogen) atoms. The summed E-state index contributed by atoms with van der Waals surface area (Å²) in [4.78, 5) is 16.2. The van der Waals surface area contributed by atoms with Crippen LogP contribution in [0.5, 0.6) is 0 Å². The number of carbonyl (C=O) groups excluding carboxylic acids is 1. The number of nitrogens with one attached hydrogen (secondary N) is 1. The summed E-state index contributed by atoms with van der Waals surface area (Å²) in [5, 5.41) is 4.00. The number of amides is 1. The normalized spacial score (nSPS) is 14.3. The highest BCUT2D eigenvalue weighted by atomic mass is 32.2. The average Bonchev–Trinajstić information content (AvgIpc) is 3.19. The quantitative estimate of drug-likeness (QED) is 0.760. The minimum atomic E-state index is -0.0565. The Labute approximate surface area is 129 Å². The van der Waals surface area contributed by atoms with Gasteiger partial charge in [0.25, 0.3) is 5.91 Å². The summed E-state index contributed by atoms with van der Waals surface area (Å²) in [6, 6.07) is 0. The molecular formula is C14H23N3OS2. The summed E-state index contributed by atoms with van der Waals surface area (Å²) in [7, 11) is 0. The van der Waals surface area contributed by atoms with Crippen LogP contribution in [0.2, 0.25) is 0 Å². The fourth-order valence-electron chi connectivity index (χ4n) is 2.20. The fraction of sp³-hybridized carbons (Fsp3) is 0.643. The van der Waals surface area contributed by atoms with Crippen molar-refractivity contribution in [1.29, 1.82) is 0 Å². The molecule has 1 aliphatic carbocycles. The zero-order valence-electron chi connectivity index (χ0n) is 12.4. The van der Waals surface area contributed by atoms with E-state index in [9.17, 15) is 4.79 Å². The van der Waals surface area contributed by atoms with E-state index in [0.29, 0.717) is 17.1 Å². The van der Waals surface area contributed by atoms with Gasteiger partial charge in [-0.05, 0) is 38.9 Å². The zero-order valence-corrected chi connectivity index (χ0v) is 14.0. The van der Waals surface area contributed by atoms with Gasteiger partial charge in [0.05, 0.1) is 10.6 Å². The van der Waals surface area contributed by atoms with Crippen LogP contribution in [0.1, 0.15) is 36.4 Å². The van der Waals surface area contributed by atoms with Crippen molar-refractivity contribution in [2.75, 3.05) is 36.5 Å². The Bertz CT molecular complexity index is 483. The molecule has 1 saturated carbocycles. The lowest BCUT2D eigenvalue weighted by Crippen LogP contribution is -2.24. The molecule has 0 spiro atoms. The molecule has 4 nitrogen and oxygen atoms in total. The third-order valence-corrected chi connectivity index (χ3v) is 5.69. The van der Waals surface area contributed by atoms with Gasteiger partial charge >= 0.3 is 0 Å². The highest BCUT2D eigenvalue weighted by Crippen LogP contribution is 2.45. The van der Waals surface area contributed by atoms with Crippen LogP contribution in [0.25, 0.3) is 0 Å². The molecule has 6 heteroatoms. The van der Waals surface area contributed by atoms with Crippen molar-refractivity contribution in [1.82, 2.24) is 5.32 Å². The number of nitrogens with two attached hydrogens (primary N) is 1. The van der Waals surface area contributed by atoms with Gasteiger partial charge in [0.2, 0.25) is 0 Å². The topological polar surface area (TPSA) is 58.4 Å². The van der Waals surface area contributed by atoms with Crippen LogP contribution in [-0.4, -0.2) is 31.8 Å². The first-order valence-corrected chi connectivity index (χ1v) is 9.15.